The fourth-order valence-corrected chi connectivity index (χ4v) is 4.42. The first kappa shape index (κ1) is 20.2. The Hall–Kier alpha value is -3.68. The number of para-hydroxylation sites is 3. The molecule has 1 atom stereocenters. The number of anilines is 1. The summed E-state index contributed by atoms with van der Waals surface area (Å²) in [6, 6.07) is 14.3. The lowest BCUT2D eigenvalue weighted by Gasteiger charge is -2.37. The lowest BCUT2D eigenvalue weighted by molar-refractivity contribution is -0.139. The van der Waals surface area contributed by atoms with Crippen LogP contribution in [0.15, 0.2) is 59.5 Å². The highest BCUT2D eigenvalue weighted by Gasteiger charge is 2.36. The lowest BCUT2D eigenvalue weighted by atomic mass is 10.1. The average molecular weight is 432 g/mol. The number of ether oxygens (including phenoxy) is 1. The van der Waals surface area contributed by atoms with Gasteiger partial charge < -0.3 is 14.5 Å². The number of likely N-dealkylation sites (tertiary alicyclic amines) is 1. The number of carbonyl (C=O) groups is 2. The number of hydrogen-bond acceptors (Lipinski definition) is 5. The van der Waals surface area contributed by atoms with Gasteiger partial charge in [0.1, 0.15) is 12.3 Å². The number of hydrogen-bond donors (Lipinski definition) is 0. The molecule has 32 heavy (non-hydrogen) atoms. The molecule has 1 aromatic heterocycles. The fourth-order valence-electron chi connectivity index (χ4n) is 4.42. The van der Waals surface area contributed by atoms with E-state index in [0.29, 0.717) is 22.3 Å². The third kappa shape index (κ3) is 3.72. The number of nitrogens with zero attached hydrogens (tertiary/aromatic N) is 4. The van der Waals surface area contributed by atoms with Gasteiger partial charge in [0.2, 0.25) is 11.3 Å². The van der Waals surface area contributed by atoms with Gasteiger partial charge in [-0.15, -0.1) is 0 Å². The second-order valence-corrected chi connectivity index (χ2v) is 8.15. The first-order valence-electron chi connectivity index (χ1n) is 10.9. The Morgan fingerprint density at radius 3 is 2.59 bits per heavy atom. The Kier molecular flexibility index (Phi) is 5.34. The zero-order valence-electron chi connectivity index (χ0n) is 17.6. The van der Waals surface area contributed by atoms with Crippen molar-refractivity contribution >= 4 is 28.4 Å². The number of piperidine rings is 1. The first-order chi connectivity index (χ1) is 15.6. The number of carbonyl (C=O) groups excluding carboxylic acids is 2. The first-order valence-corrected chi connectivity index (χ1v) is 10.9. The maximum absolute atomic E-state index is 13.4. The van der Waals surface area contributed by atoms with E-state index in [9.17, 15) is 14.4 Å². The van der Waals surface area contributed by atoms with Crippen molar-refractivity contribution in [1.29, 1.82) is 0 Å². The van der Waals surface area contributed by atoms with Crippen LogP contribution in [-0.4, -0.2) is 52.2 Å². The van der Waals surface area contributed by atoms with Gasteiger partial charge in [-0.25, -0.2) is 0 Å². The molecule has 5 rings (SSSR count). The largest absolute Gasteiger partial charge is 0.476 e. The van der Waals surface area contributed by atoms with Crippen molar-refractivity contribution in [2.45, 2.75) is 31.9 Å². The summed E-state index contributed by atoms with van der Waals surface area (Å²) in [6.07, 6.45) is 3.59. The van der Waals surface area contributed by atoms with Crippen LogP contribution in [0.5, 0.6) is 5.75 Å². The van der Waals surface area contributed by atoms with E-state index in [-0.39, 0.29) is 30.3 Å². The Labute approximate surface area is 185 Å². The minimum Gasteiger partial charge on any atom is -0.476 e. The zero-order chi connectivity index (χ0) is 22.1. The Bertz CT molecular complexity index is 1230. The summed E-state index contributed by atoms with van der Waals surface area (Å²) in [4.78, 5) is 42.1. The fraction of sp³-hybridized carbons (Fsp3) is 0.333. The highest BCUT2D eigenvalue weighted by Crippen LogP contribution is 2.34. The second kappa shape index (κ2) is 8.45. The monoisotopic (exact) mass is 432 g/mol. The Balaban J connectivity index is 1.44. The van der Waals surface area contributed by atoms with Crippen molar-refractivity contribution in [3.63, 3.8) is 0 Å². The summed E-state index contributed by atoms with van der Waals surface area (Å²) >= 11 is 0. The second-order valence-electron chi connectivity index (χ2n) is 8.15. The molecule has 0 radical (unpaired) electrons. The summed E-state index contributed by atoms with van der Waals surface area (Å²) in [6.45, 7) is 1.53. The van der Waals surface area contributed by atoms with Crippen LogP contribution in [-0.2, 0) is 16.1 Å². The van der Waals surface area contributed by atoms with Crippen LogP contribution in [0.2, 0.25) is 0 Å². The highest BCUT2D eigenvalue weighted by atomic mass is 16.5. The van der Waals surface area contributed by atoms with Crippen LogP contribution in [0, 0.1) is 0 Å². The number of benzene rings is 2. The van der Waals surface area contributed by atoms with Gasteiger partial charge in [0.05, 0.1) is 23.9 Å². The lowest BCUT2D eigenvalue weighted by Crippen LogP contribution is -2.53. The molecule has 2 amide bonds. The van der Waals surface area contributed by atoms with E-state index in [1.807, 2.05) is 29.2 Å². The van der Waals surface area contributed by atoms with E-state index in [1.54, 1.807) is 29.2 Å². The van der Waals surface area contributed by atoms with Gasteiger partial charge in [-0.2, -0.15) is 5.10 Å². The van der Waals surface area contributed by atoms with Crippen molar-refractivity contribution in [3.05, 3.63) is 65.0 Å². The SMILES string of the molecule is O=C([C@@H]1CN(C(=O)Cn2ncc(=O)c3ccccc32)c2ccccc2O1)N1CCCCC1. The molecule has 3 aromatic rings. The number of rotatable bonds is 3. The Morgan fingerprint density at radius 1 is 1.00 bits per heavy atom. The van der Waals surface area contributed by atoms with Gasteiger partial charge in [0.25, 0.3) is 5.91 Å². The normalized spacial score (nSPS) is 18.2. The van der Waals surface area contributed by atoms with E-state index in [1.165, 1.54) is 10.9 Å². The van der Waals surface area contributed by atoms with E-state index in [0.717, 1.165) is 32.4 Å². The molecule has 2 aliphatic heterocycles. The van der Waals surface area contributed by atoms with Gasteiger partial charge >= 0.3 is 0 Å². The standard InChI is InChI=1S/C24H24N4O4/c29-20-14-25-28(18-9-3-2-8-17(18)20)16-23(30)27-15-22(24(31)26-12-6-1-7-13-26)32-21-11-5-4-10-19(21)27/h2-5,8-11,14,22H,1,6-7,12-13,15-16H2/t22-/m0/s1. The minimum atomic E-state index is -0.745. The molecule has 164 valence electrons. The molecule has 0 aliphatic carbocycles. The predicted octanol–water partition coefficient (Wildman–Crippen LogP) is 2.20. The summed E-state index contributed by atoms with van der Waals surface area (Å²) < 4.78 is 7.54. The van der Waals surface area contributed by atoms with Crippen molar-refractivity contribution < 1.29 is 14.3 Å². The summed E-state index contributed by atoms with van der Waals surface area (Å²) in [5, 5.41) is 4.69. The average Bonchev–Trinajstić information content (AvgIpc) is 2.85. The van der Waals surface area contributed by atoms with E-state index < -0.39 is 6.10 Å². The zero-order valence-corrected chi connectivity index (χ0v) is 17.6. The van der Waals surface area contributed by atoms with Gasteiger partial charge in [0.15, 0.2) is 6.10 Å². The molecule has 0 spiro atoms. The van der Waals surface area contributed by atoms with Crippen LogP contribution < -0.4 is 15.1 Å². The quantitative estimate of drug-likeness (QED) is 0.634. The van der Waals surface area contributed by atoms with Crippen molar-refractivity contribution in [2.75, 3.05) is 24.5 Å². The topological polar surface area (TPSA) is 84.7 Å². The third-order valence-electron chi connectivity index (χ3n) is 6.06. The molecule has 0 saturated carbocycles. The molecule has 3 heterocycles. The van der Waals surface area contributed by atoms with Gasteiger partial charge in [-0.3, -0.25) is 19.1 Å². The van der Waals surface area contributed by atoms with Crippen molar-refractivity contribution in [1.82, 2.24) is 14.7 Å². The van der Waals surface area contributed by atoms with E-state index >= 15 is 0 Å². The molecule has 2 aromatic carbocycles. The summed E-state index contributed by atoms with van der Waals surface area (Å²) in [5.41, 5.74) is 1.04. The Morgan fingerprint density at radius 2 is 1.75 bits per heavy atom. The molecule has 0 bridgehead atoms. The molecule has 0 unspecified atom stereocenters. The van der Waals surface area contributed by atoms with Crippen LogP contribution in [0.1, 0.15) is 19.3 Å². The third-order valence-corrected chi connectivity index (χ3v) is 6.06. The molecule has 8 nitrogen and oxygen atoms in total. The molecular weight excluding hydrogens is 408 g/mol. The summed E-state index contributed by atoms with van der Waals surface area (Å²) in [7, 11) is 0. The minimum absolute atomic E-state index is 0.0558. The molecule has 0 N–H and O–H groups in total. The number of aromatic nitrogens is 2. The molecule has 2 aliphatic rings. The maximum Gasteiger partial charge on any atom is 0.265 e. The van der Waals surface area contributed by atoms with Crippen molar-refractivity contribution in [2.24, 2.45) is 0 Å². The van der Waals surface area contributed by atoms with E-state index in [4.69, 9.17) is 4.74 Å². The predicted molar refractivity (Wildman–Crippen MR) is 120 cm³/mol. The van der Waals surface area contributed by atoms with Crippen LogP contribution in [0.4, 0.5) is 5.69 Å². The molecule has 1 saturated heterocycles. The van der Waals surface area contributed by atoms with Crippen molar-refractivity contribution in [3.8, 4) is 5.75 Å². The number of amides is 2. The molecule has 1 fully saturated rings. The van der Waals surface area contributed by atoms with Gasteiger partial charge in [0, 0.05) is 18.5 Å². The van der Waals surface area contributed by atoms with E-state index in [2.05, 4.69) is 5.10 Å². The van der Waals surface area contributed by atoms with Crippen LogP contribution in [0.25, 0.3) is 10.9 Å². The number of fused-ring (bicyclic) bond motifs is 2. The van der Waals surface area contributed by atoms with Crippen LogP contribution >= 0.6 is 0 Å². The highest BCUT2D eigenvalue weighted by molar-refractivity contribution is 5.97. The molecule has 8 heteroatoms. The van der Waals surface area contributed by atoms with Crippen LogP contribution in [0.3, 0.4) is 0 Å². The summed E-state index contributed by atoms with van der Waals surface area (Å²) in [5.74, 6) is 0.211. The van der Waals surface area contributed by atoms with Gasteiger partial charge in [-0.05, 0) is 43.5 Å². The smallest absolute Gasteiger partial charge is 0.265 e. The molecular formula is C24H24N4O4. The van der Waals surface area contributed by atoms with Gasteiger partial charge in [-0.1, -0.05) is 24.3 Å². The maximum atomic E-state index is 13.4.